The lowest BCUT2D eigenvalue weighted by Gasteiger charge is -2.24. The van der Waals surface area contributed by atoms with Gasteiger partial charge in [0.2, 0.25) is 5.88 Å². The zero-order valence-corrected chi connectivity index (χ0v) is 12.4. The molecule has 0 aliphatic rings. The molecule has 1 aromatic heterocycles. The maximum Gasteiger partial charge on any atom is 0.222 e. The highest BCUT2D eigenvalue weighted by Crippen LogP contribution is 2.31. The summed E-state index contributed by atoms with van der Waals surface area (Å²) in [5.74, 6) is 1.90. The van der Waals surface area contributed by atoms with Crippen LogP contribution in [0.15, 0.2) is 6.33 Å². The summed E-state index contributed by atoms with van der Waals surface area (Å²) in [5.41, 5.74) is 0.806. The first-order chi connectivity index (χ1) is 8.35. The van der Waals surface area contributed by atoms with Gasteiger partial charge in [0.05, 0.1) is 5.56 Å². The summed E-state index contributed by atoms with van der Waals surface area (Å²) in [7, 11) is 0. The Labute approximate surface area is 110 Å². The number of hydrogen-bond donors (Lipinski definition) is 1. The molecule has 4 heteroatoms. The summed E-state index contributed by atoms with van der Waals surface area (Å²) >= 11 is 0. The van der Waals surface area contributed by atoms with E-state index in [0.29, 0.717) is 11.8 Å². The van der Waals surface area contributed by atoms with Gasteiger partial charge in [-0.05, 0) is 33.1 Å². The third-order valence-electron chi connectivity index (χ3n) is 2.37. The molecule has 1 rings (SSSR count). The van der Waals surface area contributed by atoms with Gasteiger partial charge in [-0.3, -0.25) is 0 Å². The SMILES string of the molecule is CCCNc1ncnc(OC(C)(C)C)c1C(C)C. The van der Waals surface area contributed by atoms with Crippen molar-refractivity contribution in [3.8, 4) is 5.88 Å². The molecular formula is C14H25N3O. The Kier molecular flexibility index (Phi) is 4.93. The van der Waals surface area contributed by atoms with E-state index in [1.807, 2.05) is 20.8 Å². The van der Waals surface area contributed by atoms with Crippen LogP contribution in [0, 0.1) is 0 Å². The minimum atomic E-state index is -0.250. The zero-order chi connectivity index (χ0) is 13.8. The first kappa shape index (κ1) is 14.7. The molecule has 0 bridgehead atoms. The number of hydrogen-bond acceptors (Lipinski definition) is 4. The minimum Gasteiger partial charge on any atom is -0.472 e. The molecule has 0 atom stereocenters. The third kappa shape index (κ3) is 4.17. The maximum absolute atomic E-state index is 5.92. The van der Waals surface area contributed by atoms with Crippen LogP contribution in [0.1, 0.15) is 59.4 Å². The molecule has 0 radical (unpaired) electrons. The molecule has 0 fully saturated rings. The first-order valence-corrected chi connectivity index (χ1v) is 6.63. The van der Waals surface area contributed by atoms with Gasteiger partial charge in [-0.25, -0.2) is 9.97 Å². The highest BCUT2D eigenvalue weighted by Gasteiger charge is 2.20. The van der Waals surface area contributed by atoms with Crippen molar-refractivity contribution in [1.82, 2.24) is 9.97 Å². The summed E-state index contributed by atoms with van der Waals surface area (Å²) in [6.45, 7) is 13.4. The molecule has 1 N–H and O–H groups in total. The van der Waals surface area contributed by atoms with Gasteiger partial charge in [0, 0.05) is 6.54 Å². The average molecular weight is 251 g/mol. The average Bonchev–Trinajstić information content (AvgIpc) is 2.23. The van der Waals surface area contributed by atoms with Crippen molar-refractivity contribution in [3.63, 3.8) is 0 Å². The van der Waals surface area contributed by atoms with Gasteiger partial charge in [-0.1, -0.05) is 20.8 Å². The Bertz CT molecular complexity index is 383. The number of rotatable bonds is 5. The van der Waals surface area contributed by atoms with Crippen LogP contribution in [0.5, 0.6) is 5.88 Å². The highest BCUT2D eigenvalue weighted by atomic mass is 16.5. The Morgan fingerprint density at radius 3 is 2.44 bits per heavy atom. The summed E-state index contributed by atoms with van der Waals surface area (Å²) in [4.78, 5) is 8.61. The van der Waals surface area contributed by atoms with Gasteiger partial charge in [0.15, 0.2) is 0 Å². The molecule has 102 valence electrons. The van der Waals surface area contributed by atoms with Crippen LogP contribution in [0.3, 0.4) is 0 Å². The molecule has 0 spiro atoms. The molecule has 18 heavy (non-hydrogen) atoms. The number of ether oxygens (including phenoxy) is 1. The lowest BCUT2D eigenvalue weighted by Crippen LogP contribution is -2.25. The van der Waals surface area contributed by atoms with E-state index in [-0.39, 0.29) is 5.60 Å². The molecular weight excluding hydrogens is 226 g/mol. The predicted octanol–water partition coefficient (Wildman–Crippen LogP) is 3.60. The highest BCUT2D eigenvalue weighted by molar-refractivity contribution is 5.50. The standard InChI is InChI=1S/C14H25N3O/c1-7-8-15-12-11(10(2)3)13(17-9-16-12)18-14(4,5)6/h9-10H,7-8H2,1-6H3,(H,15,16,17). The van der Waals surface area contributed by atoms with Crippen LogP contribution >= 0.6 is 0 Å². The summed E-state index contributed by atoms with van der Waals surface area (Å²) in [6, 6.07) is 0. The van der Waals surface area contributed by atoms with Gasteiger partial charge in [-0.15, -0.1) is 0 Å². The zero-order valence-electron chi connectivity index (χ0n) is 12.4. The van der Waals surface area contributed by atoms with E-state index in [2.05, 4.69) is 36.1 Å². The van der Waals surface area contributed by atoms with Gasteiger partial charge < -0.3 is 10.1 Å². The van der Waals surface area contributed by atoms with E-state index in [4.69, 9.17) is 4.74 Å². The summed E-state index contributed by atoms with van der Waals surface area (Å²) in [5, 5.41) is 3.34. The Balaban J connectivity index is 3.09. The van der Waals surface area contributed by atoms with Crippen LogP contribution < -0.4 is 10.1 Å². The monoisotopic (exact) mass is 251 g/mol. The van der Waals surface area contributed by atoms with E-state index in [0.717, 1.165) is 24.3 Å². The molecule has 0 saturated heterocycles. The Morgan fingerprint density at radius 1 is 1.28 bits per heavy atom. The molecule has 4 nitrogen and oxygen atoms in total. The largest absolute Gasteiger partial charge is 0.472 e. The second kappa shape index (κ2) is 6.03. The lowest BCUT2D eigenvalue weighted by molar-refractivity contribution is 0.122. The normalized spacial score (nSPS) is 11.7. The van der Waals surface area contributed by atoms with E-state index in [1.165, 1.54) is 0 Å². The minimum absolute atomic E-state index is 0.250. The second-order valence-electron chi connectivity index (χ2n) is 5.74. The molecule has 0 aromatic carbocycles. The maximum atomic E-state index is 5.92. The predicted molar refractivity (Wildman–Crippen MR) is 75.3 cm³/mol. The fraction of sp³-hybridized carbons (Fsp3) is 0.714. The number of nitrogens with one attached hydrogen (secondary N) is 1. The Hall–Kier alpha value is -1.32. The van der Waals surface area contributed by atoms with Crippen molar-refractivity contribution in [2.45, 2.75) is 59.5 Å². The van der Waals surface area contributed by atoms with Crippen molar-refractivity contribution >= 4 is 5.82 Å². The quantitative estimate of drug-likeness (QED) is 0.868. The smallest absolute Gasteiger partial charge is 0.222 e. The van der Waals surface area contributed by atoms with Crippen molar-refractivity contribution < 1.29 is 4.74 Å². The fourth-order valence-corrected chi connectivity index (χ4v) is 1.66. The van der Waals surface area contributed by atoms with E-state index < -0.39 is 0 Å². The van der Waals surface area contributed by atoms with Crippen LogP contribution in [-0.2, 0) is 0 Å². The molecule has 0 saturated carbocycles. The summed E-state index contributed by atoms with van der Waals surface area (Å²) in [6.07, 6.45) is 2.63. The van der Waals surface area contributed by atoms with Crippen LogP contribution in [0.2, 0.25) is 0 Å². The molecule has 0 aliphatic carbocycles. The van der Waals surface area contributed by atoms with Crippen molar-refractivity contribution in [2.24, 2.45) is 0 Å². The van der Waals surface area contributed by atoms with Crippen LogP contribution in [0.4, 0.5) is 5.82 Å². The number of aromatic nitrogens is 2. The van der Waals surface area contributed by atoms with Gasteiger partial charge in [-0.2, -0.15) is 0 Å². The van der Waals surface area contributed by atoms with Crippen LogP contribution in [0.25, 0.3) is 0 Å². The molecule has 0 unspecified atom stereocenters. The van der Waals surface area contributed by atoms with E-state index >= 15 is 0 Å². The first-order valence-electron chi connectivity index (χ1n) is 6.63. The van der Waals surface area contributed by atoms with Gasteiger partial charge >= 0.3 is 0 Å². The van der Waals surface area contributed by atoms with Crippen molar-refractivity contribution in [1.29, 1.82) is 0 Å². The second-order valence-corrected chi connectivity index (χ2v) is 5.74. The number of anilines is 1. The van der Waals surface area contributed by atoms with Gasteiger partial charge in [0.25, 0.3) is 0 Å². The lowest BCUT2D eigenvalue weighted by atomic mass is 10.0. The third-order valence-corrected chi connectivity index (χ3v) is 2.37. The van der Waals surface area contributed by atoms with Gasteiger partial charge in [0.1, 0.15) is 17.7 Å². The van der Waals surface area contributed by atoms with Crippen molar-refractivity contribution in [2.75, 3.05) is 11.9 Å². The van der Waals surface area contributed by atoms with E-state index in [9.17, 15) is 0 Å². The Morgan fingerprint density at radius 2 is 1.94 bits per heavy atom. The molecule has 1 aromatic rings. The topological polar surface area (TPSA) is 47.0 Å². The fourth-order valence-electron chi connectivity index (χ4n) is 1.66. The molecule has 0 aliphatic heterocycles. The van der Waals surface area contributed by atoms with E-state index in [1.54, 1.807) is 6.33 Å². The summed E-state index contributed by atoms with van der Waals surface area (Å²) < 4.78 is 5.92. The molecule has 1 heterocycles. The number of nitrogens with zero attached hydrogens (tertiary/aromatic N) is 2. The molecule has 0 amide bonds. The van der Waals surface area contributed by atoms with Crippen molar-refractivity contribution in [3.05, 3.63) is 11.9 Å². The van der Waals surface area contributed by atoms with Crippen LogP contribution in [-0.4, -0.2) is 22.1 Å².